The normalized spacial score (nSPS) is 32.5. The molecule has 2 saturated heterocycles. The van der Waals surface area contributed by atoms with Crippen molar-refractivity contribution in [1.82, 2.24) is 9.55 Å². The first-order chi connectivity index (χ1) is 8.94. The Kier molecular flexibility index (Phi) is 2.65. The lowest BCUT2D eigenvalue weighted by molar-refractivity contribution is -0.217. The molecule has 0 aliphatic carbocycles. The molecule has 2 fully saturated rings. The second kappa shape index (κ2) is 4.01. The zero-order valence-corrected chi connectivity index (χ0v) is 10.3. The summed E-state index contributed by atoms with van der Waals surface area (Å²) in [7, 11) is 0. The number of aryl methyl sites for hydroxylation is 1. The first-order valence-corrected chi connectivity index (χ1v) is 5.96. The lowest BCUT2D eigenvalue weighted by Gasteiger charge is -2.40. The molecule has 0 radical (unpaired) electrons. The highest BCUT2D eigenvalue weighted by Gasteiger charge is 2.58. The summed E-state index contributed by atoms with van der Waals surface area (Å²) < 4.78 is 11.9. The van der Waals surface area contributed by atoms with Gasteiger partial charge in [0.25, 0.3) is 5.56 Å². The van der Waals surface area contributed by atoms with E-state index in [1.807, 2.05) is 0 Å². The van der Waals surface area contributed by atoms with Crippen LogP contribution in [0.3, 0.4) is 0 Å². The zero-order valence-electron chi connectivity index (χ0n) is 10.3. The molecule has 8 nitrogen and oxygen atoms in total. The summed E-state index contributed by atoms with van der Waals surface area (Å²) in [5.41, 5.74) is 4.44. The molecule has 1 aromatic rings. The third-order valence-electron chi connectivity index (χ3n) is 3.74. The van der Waals surface area contributed by atoms with Gasteiger partial charge in [-0.25, -0.2) is 4.79 Å². The van der Waals surface area contributed by atoms with Crippen LogP contribution in [0.2, 0.25) is 0 Å². The predicted molar refractivity (Wildman–Crippen MR) is 63.7 cm³/mol. The van der Waals surface area contributed by atoms with Gasteiger partial charge >= 0.3 is 5.69 Å². The highest BCUT2D eigenvalue weighted by molar-refractivity contribution is 5.09. The van der Waals surface area contributed by atoms with Gasteiger partial charge in [0.15, 0.2) is 6.23 Å². The van der Waals surface area contributed by atoms with E-state index in [0.29, 0.717) is 18.8 Å². The summed E-state index contributed by atoms with van der Waals surface area (Å²) in [6.45, 7) is 2.15. The lowest BCUT2D eigenvalue weighted by atomic mass is 9.91. The van der Waals surface area contributed by atoms with Crippen LogP contribution in [0.15, 0.2) is 15.8 Å². The Morgan fingerprint density at radius 3 is 2.74 bits per heavy atom. The molecule has 4 N–H and O–H groups in total. The van der Waals surface area contributed by atoms with E-state index in [-0.39, 0.29) is 0 Å². The Morgan fingerprint density at radius 1 is 1.53 bits per heavy atom. The maximum atomic E-state index is 11.8. The highest BCUT2D eigenvalue weighted by Crippen LogP contribution is 2.39. The number of hydrogen-bond acceptors (Lipinski definition) is 6. The standard InChI is InChI=1S/C11H15N3O5/c1-5-2-14(10(17)13-8(5)16)9-6(15)7(12)11(19-9)3-18-4-11/h2,6-7,9,15H,3-4,12H2,1H3,(H,13,16,17)/t6?,7-,9+/m0/s1. The molecule has 0 bridgehead atoms. The van der Waals surface area contributed by atoms with Crippen molar-refractivity contribution in [2.75, 3.05) is 13.2 Å². The fourth-order valence-corrected chi connectivity index (χ4v) is 2.44. The number of nitrogens with zero attached hydrogens (tertiary/aromatic N) is 1. The largest absolute Gasteiger partial charge is 0.387 e. The van der Waals surface area contributed by atoms with Gasteiger partial charge in [-0.2, -0.15) is 0 Å². The predicted octanol–water partition coefficient (Wildman–Crippen LogP) is -2.17. The monoisotopic (exact) mass is 269 g/mol. The van der Waals surface area contributed by atoms with Crippen LogP contribution in [0.25, 0.3) is 0 Å². The number of ether oxygens (including phenoxy) is 2. The Bertz CT molecular complexity index is 617. The average molecular weight is 269 g/mol. The third-order valence-corrected chi connectivity index (χ3v) is 3.74. The van der Waals surface area contributed by atoms with Crippen LogP contribution in [-0.2, 0) is 9.47 Å². The minimum atomic E-state index is -1.04. The van der Waals surface area contributed by atoms with Gasteiger partial charge in [-0.3, -0.25) is 14.3 Å². The number of rotatable bonds is 1. The molecule has 3 rings (SSSR count). The number of H-pyrrole nitrogens is 1. The second-order valence-corrected chi connectivity index (χ2v) is 5.06. The molecule has 2 aliphatic heterocycles. The Balaban J connectivity index is 2.02. The number of aliphatic hydroxyl groups excluding tert-OH is 1. The molecule has 3 atom stereocenters. The van der Waals surface area contributed by atoms with E-state index in [0.717, 1.165) is 4.57 Å². The number of hydrogen-bond donors (Lipinski definition) is 3. The summed E-state index contributed by atoms with van der Waals surface area (Å²) in [4.78, 5) is 25.3. The van der Waals surface area contributed by atoms with Crippen LogP contribution in [0.4, 0.5) is 0 Å². The number of aromatic nitrogens is 2. The van der Waals surface area contributed by atoms with E-state index in [1.165, 1.54) is 6.20 Å². The molecule has 8 heteroatoms. The van der Waals surface area contributed by atoms with E-state index in [2.05, 4.69) is 4.98 Å². The molecule has 104 valence electrons. The molecular formula is C11H15N3O5. The first-order valence-electron chi connectivity index (χ1n) is 5.96. The van der Waals surface area contributed by atoms with Crippen molar-refractivity contribution in [2.24, 2.45) is 5.73 Å². The number of nitrogens with two attached hydrogens (primary N) is 1. The van der Waals surface area contributed by atoms with Crippen molar-refractivity contribution >= 4 is 0 Å². The molecule has 2 aliphatic rings. The lowest BCUT2D eigenvalue weighted by Crippen LogP contribution is -2.61. The number of nitrogens with one attached hydrogen (secondary N) is 1. The average Bonchev–Trinajstić information content (AvgIpc) is 2.58. The van der Waals surface area contributed by atoms with Crippen LogP contribution in [0, 0.1) is 6.92 Å². The van der Waals surface area contributed by atoms with Gasteiger partial charge in [0.1, 0.15) is 11.7 Å². The van der Waals surface area contributed by atoms with Crippen molar-refractivity contribution < 1.29 is 14.6 Å². The van der Waals surface area contributed by atoms with E-state index < -0.39 is 35.2 Å². The molecule has 19 heavy (non-hydrogen) atoms. The summed E-state index contributed by atoms with van der Waals surface area (Å²) in [6, 6.07) is -0.634. The van der Waals surface area contributed by atoms with Gasteiger partial charge in [-0.05, 0) is 6.92 Å². The first kappa shape index (κ1) is 12.5. The maximum Gasteiger partial charge on any atom is 0.330 e. The summed E-state index contributed by atoms with van der Waals surface area (Å²) >= 11 is 0. The van der Waals surface area contributed by atoms with Crippen molar-refractivity contribution in [2.45, 2.75) is 30.9 Å². The summed E-state index contributed by atoms with van der Waals surface area (Å²) in [6.07, 6.45) is -0.589. The summed E-state index contributed by atoms with van der Waals surface area (Å²) in [5, 5.41) is 10.1. The van der Waals surface area contributed by atoms with E-state index in [4.69, 9.17) is 15.2 Å². The summed E-state index contributed by atoms with van der Waals surface area (Å²) in [5.74, 6) is 0. The molecule has 1 aromatic heterocycles. The maximum absolute atomic E-state index is 11.8. The minimum absolute atomic E-state index is 0.290. The van der Waals surface area contributed by atoms with Crippen molar-refractivity contribution in [1.29, 1.82) is 0 Å². The molecule has 1 unspecified atom stereocenters. The van der Waals surface area contributed by atoms with Crippen molar-refractivity contribution in [3.63, 3.8) is 0 Å². The number of aliphatic hydroxyl groups is 1. The Hall–Kier alpha value is -1.48. The topological polar surface area (TPSA) is 120 Å². The van der Waals surface area contributed by atoms with E-state index in [1.54, 1.807) is 6.92 Å². The fourth-order valence-electron chi connectivity index (χ4n) is 2.44. The van der Waals surface area contributed by atoms with Gasteiger partial charge in [0.2, 0.25) is 0 Å². The fraction of sp³-hybridized carbons (Fsp3) is 0.636. The molecule has 0 amide bonds. The van der Waals surface area contributed by atoms with Gasteiger partial charge in [-0.1, -0.05) is 0 Å². The third kappa shape index (κ3) is 1.68. The van der Waals surface area contributed by atoms with Gasteiger partial charge in [-0.15, -0.1) is 0 Å². The van der Waals surface area contributed by atoms with Crippen LogP contribution >= 0.6 is 0 Å². The van der Waals surface area contributed by atoms with Crippen LogP contribution in [0.5, 0.6) is 0 Å². The van der Waals surface area contributed by atoms with Crippen LogP contribution < -0.4 is 17.0 Å². The van der Waals surface area contributed by atoms with E-state index >= 15 is 0 Å². The highest BCUT2D eigenvalue weighted by atomic mass is 16.6. The molecular weight excluding hydrogens is 254 g/mol. The van der Waals surface area contributed by atoms with Gasteiger partial charge in [0.05, 0.1) is 19.3 Å². The van der Waals surface area contributed by atoms with E-state index in [9.17, 15) is 14.7 Å². The minimum Gasteiger partial charge on any atom is -0.387 e. The smallest absolute Gasteiger partial charge is 0.330 e. The zero-order chi connectivity index (χ0) is 13.8. The van der Waals surface area contributed by atoms with Gasteiger partial charge < -0.3 is 20.3 Å². The van der Waals surface area contributed by atoms with Gasteiger partial charge in [0, 0.05) is 11.8 Å². The Labute approximate surface area is 107 Å². The number of aromatic amines is 1. The molecule has 0 saturated carbocycles. The SMILES string of the molecule is Cc1cn([C@@H]2OC3(COC3)[C@@H](N)C2O)c(=O)[nH]c1=O. The van der Waals surface area contributed by atoms with Crippen LogP contribution in [0.1, 0.15) is 11.8 Å². The molecule has 1 spiro atoms. The molecule has 3 heterocycles. The van der Waals surface area contributed by atoms with Crippen molar-refractivity contribution in [3.05, 3.63) is 32.6 Å². The Morgan fingerprint density at radius 2 is 2.21 bits per heavy atom. The van der Waals surface area contributed by atoms with Crippen molar-refractivity contribution in [3.8, 4) is 0 Å². The quantitative estimate of drug-likeness (QED) is 0.534. The molecule has 0 aromatic carbocycles. The second-order valence-electron chi connectivity index (χ2n) is 5.06. The van der Waals surface area contributed by atoms with Crippen LogP contribution in [-0.4, -0.2) is 45.6 Å².